The number of aromatic hydroxyl groups is 1. The van der Waals surface area contributed by atoms with E-state index in [0.717, 1.165) is 5.69 Å². The highest BCUT2D eigenvalue weighted by molar-refractivity contribution is 6.83. The molecule has 1 N–H and O–H groups in total. The summed E-state index contributed by atoms with van der Waals surface area (Å²) in [4.78, 5) is 3.98. The van der Waals surface area contributed by atoms with E-state index in [1.165, 1.54) is 6.20 Å². The maximum Gasteiger partial charge on any atom is 0.133 e. The van der Waals surface area contributed by atoms with E-state index >= 15 is 0 Å². The van der Waals surface area contributed by atoms with Gasteiger partial charge in [0.25, 0.3) is 0 Å². The molecule has 0 unspecified atom stereocenters. The molecule has 68 valence electrons. The second kappa shape index (κ2) is 3.63. The van der Waals surface area contributed by atoms with Crippen LogP contribution in [0.5, 0.6) is 5.75 Å². The predicted octanol–water partition coefficient (Wildman–Crippen LogP) is 2.02. The average molecular weight is 191 g/mol. The first-order valence-corrected chi connectivity index (χ1v) is 7.65. The molecular formula is C10H13NOSi. The Balaban J connectivity index is 2.85. The van der Waals surface area contributed by atoms with Crippen molar-refractivity contribution in [3.05, 3.63) is 24.0 Å². The highest BCUT2D eigenvalue weighted by atomic mass is 28.3. The van der Waals surface area contributed by atoms with E-state index in [1.807, 2.05) is 0 Å². The first-order chi connectivity index (χ1) is 5.97. The van der Waals surface area contributed by atoms with Gasteiger partial charge < -0.3 is 5.11 Å². The summed E-state index contributed by atoms with van der Waals surface area (Å²) in [5.41, 5.74) is 3.92. The Morgan fingerprint density at radius 2 is 2.00 bits per heavy atom. The summed E-state index contributed by atoms with van der Waals surface area (Å²) in [5.74, 6) is 3.18. The van der Waals surface area contributed by atoms with Crippen LogP contribution in [0.3, 0.4) is 0 Å². The van der Waals surface area contributed by atoms with Crippen molar-refractivity contribution in [1.29, 1.82) is 0 Å². The Bertz CT molecular complexity index is 340. The zero-order chi connectivity index (χ0) is 9.90. The summed E-state index contributed by atoms with van der Waals surface area (Å²) in [6.45, 7) is 6.54. The van der Waals surface area contributed by atoms with Crippen molar-refractivity contribution in [2.24, 2.45) is 0 Å². The standard InChI is InChI=1S/C10H13NOSi/c1-13(2,3)7-6-9-4-5-10(12)8-11-9/h4-5,8,12H,1-3H3. The van der Waals surface area contributed by atoms with Gasteiger partial charge in [-0.25, -0.2) is 4.98 Å². The van der Waals surface area contributed by atoms with Crippen LogP contribution in [0.15, 0.2) is 18.3 Å². The maximum atomic E-state index is 8.98. The van der Waals surface area contributed by atoms with E-state index in [-0.39, 0.29) is 5.75 Å². The summed E-state index contributed by atoms with van der Waals surface area (Å²) >= 11 is 0. The average Bonchev–Trinajstić information content (AvgIpc) is 2.02. The molecule has 2 nitrogen and oxygen atoms in total. The molecule has 0 radical (unpaired) electrons. The molecule has 1 rings (SSSR count). The van der Waals surface area contributed by atoms with Gasteiger partial charge in [0.1, 0.15) is 19.5 Å². The highest BCUT2D eigenvalue weighted by Gasteiger charge is 2.07. The molecule has 0 bridgehead atoms. The van der Waals surface area contributed by atoms with E-state index in [1.54, 1.807) is 12.1 Å². The number of pyridine rings is 1. The van der Waals surface area contributed by atoms with Crippen LogP contribution in [-0.4, -0.2) is 18.2 Å². The predicted molar refractivity (Wildman–Crippen MR) is 56.1 cm³/mol. The lowest BCUT2D eigenvalue weighted by atomic mass is 10.3. The Morgan fingerprint density at radius 1 is 1.31 bits per heavy atom. The molecule has 0 saturated heterocycles. The molecule has 1 heterocycles. The lowest BCUT2D eigenvalue weighted by molar-refractivity contribution is 0.472. The summed E-state index contributed by atoms with van der Waals surface area (Å²) in [6, 6.07) is 3.32. The number of aromatic nitrogens is 1. The van der Waals surface area contributed by atoms with Gasteiger partial charge in [-0.2, -0.15) is 0 Å². The molecule has 0 amide bonds. The second-order valence-corrected chi connectivity index (χ2v) is 8.65. The van der Waals surface area contributed by atoms with Crippen molar-refractivity contribution in [3.63, 3.8) is 0 Å². The van der Waals surface area contributed by atoms with Gasteiger partial charge in [0.05, 0.1) is 6.20 Å². The van der Waals surface area contributed by atoms with Gasteiger partial charge >= 0.3 is 0 Å². The topological polar surface area (TPSA) is 33.1 Å². The zero-order valence-corrected chi connectivity index (χ0v) is 9.13. The minimum absolute atomic E-state index is 0.179. The van der Waals surface area contributed by atoms with E-state index in [2.05, 4.69) is 36.1 Å². The molecule has 0 aliphatic carbocycles. The third-order valence-electron chi connectivity index (χ3n) is 1.31. The Kier molecular flexibility index (Phi) is 2.74. The minimum atomic E-state index is -1.32. The Hall–Kier alpha value is -1.27. The van der Waals surface area contributed by atoms with Crippen molar-refractivity contribution >= 4 is 8.07 Å². The molecule has 0 aliphatic rings. The normalized spacial score (nSPS) is 10.4. The number of nitrogens with zero attached hydrogens (tertiary/aromatic N) is 1. The fourth-order valence-corrected chi connectivity index (χ4v) is 1.21. The van der Waals surface area contributed by atoms with Crippen molar-refractivity contribution in [3.8, 4) is 17.2 Å². The molecule has 0 saturated carbocycles. The molecule has 0 aliphatic heterocycles. The summed E-state index contributed by atoms with van der Waals surface area (Å²) in [5, 5.41) is 8.98. The van der Waals surface area contributed by atoms with Crippen LogP contribution in [0.2, 0.25) is 19.6 Å². The van der Waals surface area contributed by atoms with Gasteiger partial charge in [0.15, 0.2) is 0 Å². The first kappa shape index (κ1) is 9.81. The largest absolute Gasteiger partial charge is 0.506 e. The maximum absolute atomic E-state index is 8.98. The smallest absolute Gasteiger partial charge is 0.133 e. The number of rotatable bonds is 0. The Labute approximate surface area is 79.7 Å². The van der Waals surface area contributed by atoms with Gasteiger partial charge in [-0.05, 0) is 12.1 Å². The van der Waals surface area contributed by atoms with Crippen LogP contribution < -0.4 is 0 Å². The fraction of sp³-hybridized carbons (Fsp3) is 0.300. The van der Waals surface area contributed by atoms with E-state index in [0.29, 0.717) is 0 Å². The first-order valence-electron chi connectivity index (χ1n) is 4.15. The number of hydrogen-bond acceptors (Lipinski definition) is 2. The monoisotopic (exact) mass is 191 g/mol. The van der Waals surface area contributed by atoms with E-state index < -0.39 is 8.07 Å². The zero-order valence-electron chi connectivity index (χ0n) is 8.13. The molecule has 1 aromatic heterocycles. The fourth-order valence-electron chi connectivity index (χ4n) is 0.712. The van der Waals surface area contributed by atoms with Crippen LogP contribution >= 0.6 is 0 Å². The summed E-state index contributed by atoms with van der Waals surface area (Å²) in [7, 11) is -1.32. The quantitative estimate of drug-likeness (QED) is 0.502. The van der Waals surface area contributed by atoms with Crippen molar-refractivity contribution in [2.75, 3.05) is 0 Å². The van der Waals surface area contributed by atoms with Gasteiger partial charge in [-0.1, -0.05) is 25.6 Å². The lowest BCUT2D eigenvalue weighted by Gasteiger charge is -2.02. The molecule has 0 atom stereocenters. The van der Waals surface area contributed by atoms with Crippen LogP contribution in [-0.2, 0) is 0 Å². The molecule has 0 spiro atoms. The van der Waals surface area contributed by atoms with Crippen LogP contribution in [0.1, 0.15) is 5.69 Å². The molecule has 13 heavy (non-hydrogen) atoms. The SMILES string of the molecule is C[Si](C)(C)C#Cc1ccc(O)cn1. The molecular weight excluding hydrogens is 178 g/mol. The van der Waals surface area contributed by atoms with Gasteiger partial charge in [-0.15, -0.1) is 5.54 Å². The van der Waals surface area contributed by atoms with E-state index in [4.69, 9.17) is 5.11 Å². The van der Waals surface area contributed by atoms with Gasteiger partial charge in [0, 0.05) is 0 Å². The third kappa shape index (κ3) is 3.77. The van der Waals surface area contributed by atoms with Crippen molar-refractivity contribution in [2.45, 2.75) is 19.6 Å². The lowest BCUT2D eigenvalue weighted by Crippen LogP contribution is -2.16. The minimum Gasteiger partial charge on any atom is -0.506 e. The van der Waals surface area contributed by atoms with Crippen molar-refractivity contribution in [1.82, 2.24) is 4.98 Å². The third-order valence-corrected chi connectivity index (χ3v) is 2.19. The molecule has 0 aromatic carbocycles. The van der Waals surface area contributed by atoms with Crippen LogP contribution in [0, 0.1) is 11.5 Å². The summed E-state index contributed by atoms with van der Waals surface area (Å²) in [6.07, 6.45) is 1.41. The second-order valence-electron chi connectivity index (χ2n) is 3.90. The number of hydrogen-bond donors (Lipinski definition) is 1. The molecule has 1 aromatic rings. The highest BCUT2D eigenvalue weighted by Crippen LogP contribution is 2.05. The van der Waals surface area contributed by atoms with Crippen molar-refractivity contribution < 1.29 is 5.11 Å². The molecule has 3 heteroatoms. The van der Waals surface area contributed by atoms with Gasteiger partial charge in [0.2, 0.25) is 0 Å². The van der Waals surface area contributed by atoms with Crippen LogP contribution in [0.25, 0.3) is 0 Å². The molecule has 0 fully saturated rings. The van der Waals surface area contributed by atoms with E-state index in [9.17, 15) is 0 Å². The summed E-state index contributed by atoms with van der Waals surface area (Å²) < 4.78 is 0. The van der Waals surface area contributed by atoms with Gasteiger partial charge in [-0.3, -0.25) is 0 Å². The Morgan fingerprint density at radius 3 is 2.46 bits per heavy atom. The van der Waals surface area contributed by atoms with Crippen LogP contribution in [0.4, 0.5) is 0 Å².